The molecule has 3 aromatic carbocycles. The van der Waals surface area contributed by atoms with Crippen molar-refractivity contribution in [2.24, 2.45) is 0 Å². The van der Waals surface area contributed by atoms with Gasteiger partial charge in [-0.05, 0) is 73.0 Å². The lowest BCUT2D eigenvalue weighted by atomic mass is 10.1. The second-order valence-electron chi connectivity index (χ2n) is 11.3. The number of fused-ring (bicyclic) bond motifs is 1. The maximum Gasteiger partial charge on any atom is 0.257 e. The van der Waals surface area contributed by atoms with E-state index >= 15 is 0 Å². The summed E-state index contributed by atoms with van der Waals surface area (Å²) < 4.78 is 15.6. The number of benzene rings is 3. The van der Waals surface area contributed by atoms with Crippen molar-refractivity contribution >= 4 is 40.5 Å². The van der Waals surface area contributed by atoms with Crippen molar-refractivity contribution < 1.29 is 9.18 Å². The van der Waals surface area contributed by atoms with Crippen LogP contribution in [-0.4, -0.2) is 56.0 Å². The molecule has 1 aliphatic heterocycles. The van der Waals surface area contributed by atoms with Crippen LogP contribution in [0.15, 0.2) is 109 Å². The van der Waals surface area contributed by atoms with E-state index in [4.69, 9.17) is 21.6 Å². The largest absolute Gasteiger partial charge is 0.324 e. The Hall–Kier alpha value is -5.12. The number of anilines is 3. The number of aromatic nitrogens is 4. The van der Waals surface area contributed by atoms with Gasteiger partial charge >= 0.3 is 0 Å². The van der Waals surface area contributed by atoms with Gasteiger partial charge in [0.05, 0.1) is 27.7 Å². The fourth-order valence-electron chi connectivity index (χ4n) is 5.79. The Kier molecular flexibility index (Phi) is 8.41. The summed E-state index contributed by atoms with van der Waals surface area (Å²) in [6.45, 7) is 2.16. The van der Waals surface area contributed by atoms with E-state index in [0.717, 1.165) is 47.7 Å². The molecule has 7 rings (SSSR count). The number of hydrogen-bond donors (Lipinski definition) is 2. The predicted octanol–water partition coefficient (Wildman–Crippen LogP) is 7.69. The van der Waals surface area contributed by atoms with E-state index in [-0.39, 0.29) is 5.91 Å². The lowest BCUT2D eigenvalue weighted by molar-refractivity contribution is 0.102. The van der Waals surface area contributed by atoms with Gasteiger partial charge in [-0.15, -0.1) is 0 Å². The molecule has 1 aliphatic rings. The van der Waals surface area contributed by atoms with Crippen molar-refractivity contribution in [1.29, 1.82) is 0 Å². The average Bonchev–Trinajstić information content (AvgIpc) is 3.68. The number of rotatable bonds is 9. The van der Waals surface area contributed by atoms with Gasteiger partial charge in [-0.2, -0.15) is 0 Å². The molecule has 1 saturated heterocycles. The van der Waals surface area contributed by atoms with Crippen LogP contribution in [0.2, 0.25) is 5.02 Å². The second kappa shape index (κ2) is 13.1. The van der Waals surface area contributed by atoms with Gasteiger partial charge in [-0.1, -0.05) is 54.1 Å². The maximum atomic E-state index is 13.6. The molecule has 1 unspecified atom stereocenters. The summed E-state index contributed by atoms with van der Waals surface area (Å²) in [6, 6.07) is 30.3. The molecule has 1 amide bonds. The second-order valence-corrected chi connectivity index (χ2v) is 11.7. The van der Waals surface area contributed by atoms with Crippen molar-refractivity contribution in [2.75, 3.05) is 30.3 Å². The maximum absolute atomic E-state index is 13.6. The zero-order valence-electron chi connectivity index (χ0n) is 24.9. The van der Waals surface area contributed by atoms with Crippen LogP contribution in [-0.2, 0) is 6.42 Å². The number of pyridine rings is 1. The van der Waals surface area contributed by atoms with Crippen LogP contribution < -0.4 is 10.6 Å². The summed E-state index contributed by atoms with van der Waals surface area (Å²) in [5, 5.41) is 6.70. The number of alkyl halides is 1. The van der Waals surface area contributed by atoms with Crippen LogP contribution in [0.25, 0.3) is 28.3 Å². The molecule has 46 heavy (non-hydrogen) atoms. The lowest BCUT2D eigenvalue weighted by Crippen LogP contribution is -2.23. The molecule has 4 heterocycles. The first-order chi connectivity index (χ1) is 22.5. The van der Waals surface area contributed by atoms with E-state index in [1.165, 1.54) is 0 Å². The third kappa shape index (κ3) is 6.47. The van der Waals surface area contributed by atoms with Gasteiger partial charge < -0.3 is 15.5 Å². The smallest absolute Gasteiger partial charge is 0.257 e. The van der Waals surface area contributed by atoms with Gasteiger partial charge in [-0.3, -0.25) is 9.20 Å². The van der Waals surface area contributed by atoms with Gasteiger partial charge in [0, 0.05) is 49.0 Å². The topological polar surface area (TPSA) is 87.5 Å². The Labute approximate surface area is 270 Å². The van der Waals surface area contributed by atoms with Gasteiger partial charge in [0.1, 0.15) is 11.8 Å². The summed E-state index contributed by atoms with van der Waals surface area (Å²) >= 11 is 6.26. The molecule has 2 N–H and O–H groups in total. The summed E-state index contributed by atoms with van der Waals surface area (Å²) in [4.78, 5) is 29.5. The van der Waals surface area contributed by atoms with Crippen LogP contribution >= 0.6 is 11.6 Å². The van der Waals surface area contributed by atoms with Crippen LogP contribution in [0.1, 0.15) is 22.3 Å². The monoisotopic (exact) mass is 631 g/mol. The zero-order chi connectivity index (χ0) is 31.5. The van der Waals surface area contributed by atoms with Crippen molar-refractivity contribution in [3.8, 4) is 22.6 Å². The molecule has 0 spiro atoms. The number of hydrogen-bond acceptors (Lipinski definition) is 6. The van der Waals surface area contributed by atoms with E-state index < -0.39 is 6.17 Å². The molecule has 0 radical (unpaired) electrons. The number of nitrogens with one attached hydrogen (secondary N) is 2. The molecule has 10 heteroatoms. The van der Waals surface area contributed by atoms with Crippen molar-refractivity contribution in [1.82, 2.24) is 24.3 Å². The van der Waals surface area contributed by atoms with E-state index in [1.54, 1.807) is 30.5 Å². The fraction of sp³-hybridized carbons (Fsp3) is 0.167. The normalized spacial score (nSPS) is 14.9. The predicted molar refractivity (Wildman–Crippen MR) is 180 cm³/mol. The Morgan fingerprint density at radius 1 is 0.935 bits per heavy atom. The zero-order valence-corrected chi connectivity index (χ0v) is 25.7. The molecule has 6 aromatic rings. The molecule has 0 saturated carbocycles. The molecule has 1 fully saturated rings. The number of nitrogens with zero attached hydrogens (tertiary/aromatic N) is 5. The lowest BCUT2D eigenvalue weighted by Gasteiger charge is -2.15. The van der Waals surface area contributed by atoms with E-state index in [2.05, 4.69) is 32.7 Å². The first kappa shape index (κ1) is 29.6. The first-order valence-electron chi connectivity index (χ1n) is 15.2. The third-order valence-electron chi connectivity index (χ3n) is 8.06. The van der Waals surface area contributed by atoms with Crippen molar-refractivity contribution in [3.63, 3.8) is 0 Å². The molecule has 0 aliphatic carbocycles. The highest BCUT2D eigenvalue weighted by atomic mass is 35.5. The molecule has 3 aromatic heterocycles. The standard InChI is InChI=1S/C36H31ClFN7O/c37-30-12-2-1-11-29(30)35(46)40-28-10-6-8-25(22-28)33-34(45-18-4-3-13-32(45)43-33)31-14-17-39-36(42-31)41-27-9-5-7-24(21-27)15-19-44-20-16-26(38)23-44/h1-14,17-18,21-22,26H,15-16,19-20,23H2,(H,40,46)(H,39,41,42). The van der Waals surface area contributed by atoms with Crippen molar-refractivity contribution in [2.45, 2.75) is 19.0 Å². The number of amides is 1. The van der Waals surface area contributed by atoms with Gasteiger partial charge in [0.15, 0.2) is 0 Å². The Morgan fingerprint density at radius 3 is 2.65 bits per heavy atom. The summed E-state index contributed by atoms with van der Waals surface area (Å²) in [7, 11) is 0. The highest BCUT2D eigenvalue weighted by molar-refractivity contribution is 6.34. The summed E-state index contributed by atoms with van der Waals surface area (Å²) in [5.74, 6) is 0.157. The third-order valence-corrected chi connectivity index (χ3v) is 8.38. The first-order valence-corrected chi connectivity index (χ1v) is 15.6. The number of likely N-dealkylation sites (tertiary alicyclic amines) is 1. The SMILES string of the molecule is O=C(Nc1cccc(-c2nc3ccccn3c2-c2ccnc(Nc3cccc(CCN4CCC(F)C4)c3)n2)c1)c1ccccc1Cl. The van der Waals surface area contributed by atoms with Gasteiger partial charge in [0.2, 0.25) is 5.95 Å². The van der Waals surface area contributed by atoms with E-state index in [0.29, 0.717) is 46.6 Å². The number of imidazole rings is 1. The summed E-state index contributed by atoms with van der Waals surface area (Å²) in [6.07, 6.45) is 4.42. The quantitative estimate of drug-likeness (QED) is 0.170. The molecular weight excluding hydrogens is 601 g/mol. The van der Waals surface area contributed by atoms with E-state index in [1.807, 2.05) is 71.3 Å². The van der Waals surface area contributed by atoms with Gasteiger partial charge in [-0.25, -0.2) is 19.3 Å². The van der Waals surface area contributed by atoms with E-state index in [9.17, 15) is 9.18 Å². The molecular formula is C36H31ClFN7O. The highest BCUT2D eigenvalue weighted by Gasteiger charge is 2.21. The molecule has 230 valence electrons. The summed E-state index contributed by atoms with van der Waals surface area (Å²) in [5.41, 5.74) is 6.81. The number of carbonyl (C=O) groups is 1. The van der Waals surface area contributed by atoms with Crippen LogP contribution in [0.3, 0.4) is 0 Å². The number of halogens is 2. The highest BCUT2D eigenvalue weighted by Crippen LogP contribution is 2.33. The molecule has 8 nitrogen and oxygen atoms in total. The number of carbonyl (C=O) groups excluding carboxylic acids is 1. The Morgan fingerprint density at radius 2 is 1.78 bits per heavy atom. The van der Waals surface area contributed by atoms with Crippen LogP contribution in [0, 0.1) is 0 Å². The molecule has 0 bridgehead atoms. The molecule has 1 atom stereocenters. The van der Waals surface area contributed by atoms with Crippen molar-refractivity contribution in [3.05, 3.63) is 126 Å². The minimum absolute atomic E-state index is 0.294. The Bertz CT molecular complexity index is 2030. The minimum atomic E-state index is -0.713. The Balaban J connectivity index is 1.16. The van der Waals surface area contributed by atoms with Gasteiger partial charge in [0.25, 0.3) is 5.91 Å². The minimum Gasteiger partial charge on any atom is -0.324 e. The van der Waals surface area contributed by atoms with Crippen LogP contribution in [0.4, 0.5) is 21.7 Å². The van der Waals surface area contributed by atoms with Crippen LogP contribution in [0.5, 0.6) is 0 Å². The average molecular weight is 632 g/mol. The fourth-order valence-corrected chi connectivity index (χ4v) is 6.01.